The third-order valence-electron chi connectivity index (χ3n) is 7.60. The Hall–Kier alpha value is -3.55. The summed E-state index contributed by atoms with van der Waals surface area (Å²) in [7, 11) is 1.29. The van der Waals surface area contributed by atoms with Gasteiger partial charge < -0.3 is 25.0 Å². The minimum Gasteiger partial charge on any atom is -0.481 e. The highest BCUT2D eigenvalue weighted by molar-refractivity contribution is 7.11. The van der Waals surface area contributed by atoms with Crippen molar-refractivity contribution in [3.63, 3.8) is 0 Å². The molecule has 1 aromatic heterocycles. The summed E-state index contributed by atoms with van der Waals surface area (Å²) in [6.45, 7) is 4.24. The first kappa shape index (κ1) is 29.0. The summed E-state index contributed by atoms with van der Waals surface area (Å²) < 4.78 is 19.1. The largest absolute Gasteiger partial charge is 0.481 e. The van der Waals surface area contributed by atoms with Crippen LogP contribution < -0.4 is 5.32 Å². The number of benzene rings is 1. The normalized spacial score (nSPS) is 21.9. The fourth-order valence-electron chi connectivity index (χ4n) is 5.48. The van der Waals surface area contributed by atoms with Crippen molar-refractivity contribution >= 4 is 46.7 Å². The number of rotatable bonds is 9. The number of carbonyl (C=O) groups is 3. The Morgan fingerprint density at radius 2 is 2.12 bits per heavy atom. The summed E-state index contributed by atoms with van der Waals surface area (Å²) >= 11 is 7.81. The number of aliphatic carboxylic acids is 1. The molecule has 3 unspecified atom stereocenters. The minimum absolute atomic E-state index is 0.122. The molecule has 0 radical (unpaired) electrons. The van der Waals surface area contributed by atoms with Crippen LogP contribution in [0.3, 0.4) is 0 Å². The number of carboxylic acid groups (broad SMARTS) is 1. The Morgan fingerprint density at radius 1 is 1.32 bits per heavy atom. The second-order valence-corrected chi connectivity index (χ2v) is 11.4. The fraction of sp³-hybridized carbons (Fsp3) is 0.444. The number of nitrogens with one attached hydrogen (secondary N) is 1. The summed E-state index contributed by atoms with van der Waals surface area (Å²) in [5, 5.41) is 15.3. The van der Waals surface area contributed by atoms with Gasteiger partial charge in [0.15, 0.2) is 10.8 Å². The van der Waals surface area contributed by atoms with Gasteiger partial charge in [0.1, 0.15) is 11.9 Å². The fourth-order valence-corrected chi connectivity index (χ4v) is 6.34. The van der Waals surface area contributed by atoms with E-state index in [1.54, 1.807) is 22.9 Å². The molecule has 2 aromatic rings. The monoisotopic (exact) mass is 604 g/mol. The van der Waals surface area contributed by atoms with E-state index >= 15 is 0 Å². The Labute approximate surface area is 245 Å². The molecule has 2 fully saturated rings. The maximum absolute atomic E-state index is 13.9. The zero-order valence-electron chi connectivity index (χ0n) is 22.5. The van der Waals surface area contributed by atoms with Crippen molar-refractivity contribution < 1.29 is 28.6 Å². The predicted molar refractivity (Wildman–Crippen MR) is 150 cm³/mol. The van der Waals surface area contributed by atoms with Crippen LogP contribution >= 0.6 is 22.9 Å². The van der Waals surface area contributed by atoms with Crippen LogP contribution in [0.15, 0.2) is 46.0 Å². The zero-order chi connectivity index (χ0) is 29.3. The van der Waals surface area contributed by atoms with Crippen molar-refractivity contribution in [1.82, 2.24) is 25.0 Å². The number of aromatic nitrogens is 1. The van der Waals surface area contributed by atoms with Gasteiger partial charge in [-0.1, -0.05) is 24.6 Å². The first-order valence-corrected chi connectivity index (χ1v) is 14.5. The van der Waals surface area contributed by atoms with E-state index in [0.717, 1.165) is 0 Å². The molecule has 2 saturated heterocycles. The first-order chi connectivity index (χ1) is 19.7. The van der Waals surface area contributed by atoms with E-state index in [1.165, 1.54) is 36.6 Å². The van der Waals surface area contributed by atoms with Crippen LogP contribution in [0, 0.1) is 11.7 Å². The minimum atomic E-state index is -0.911. The van der Waals surface area contributed by atoms with Gasteiger partial charge in [0, 0.05) is 67.1 Å². The maximum atomic E-state index is 13.9. The van der Waals surface area contributed by atoms with Gasteiger partial charge >= 0.3 is 18.0 Å². The molecular weight excluding hydrogens is 575 g/mol. The second kappa shape index (κ2) is 12.1. The molecule has 41 heavy (non-hydrogen) atoms. The van der Waals surface area contributed by atoms with Gasteiger partial charge in [-0.15, -0.1) is 11.3 Å². The van der Waals surface area contributed by atoms with E-state index in [2.05, 4.69) is 15.2 Å². The standard InChI is InChI=1S/C27H30ClFN6O5S/c1-3-15(25(36)37)11-34-13-17-12-33(7-8-35(17)27(34)39)14-20-21(26(38)40-2)22(18-5-4-16(29)10-19(18)28)32-23(31-20)24-30-6-9-41-24/h4-6,9-10,15,17,22H,3,7-8,11-14H2,1-2H3,(H,31,32)(H,36,37). The average Bonchev–Trinajstić information content (AvgIpc) is 3.59. The lowest BCUT2D eigenvalue weighted by atomic mass is 9.95. The number of ether oxygens (including phenoxy) is 1. The van der Waals surface area contributed by atoms with Crippen molar-refractivity contribution in [3.8, 4) is 0 Å². The predicted octanol–water partition coefficient (Wildman–Crippen LogP) is 2.99. The van der Waals surface area contributed by atoms with Gasteiger partial charge in [-0.3, -0.25) is 14.7 Å². The first-order valence-electron chi connectivity index (χ1n) is 13.2. The number of amides is 2. The molecule has 0 bridgehead atoms. The molecule has 1 aromatic carbocycles. The Bertz CT molecular complexity index is 1400. The molecule has 0 saturated carbocycles. The summed E-state index contributed by atoms with van der Waals surface area (Å²) in [5.41, 5.74) is 1.25. The Kier molecular flexibility index (Phi) is 8.57. The summed E-state index contributed by atoms with van der Waals surface area (Å²) in [5.74, 6) is -2.18. The number of piperazine rings is 1. The molecule has 14 heteroatoms. The number of thiazole rings is 1. The van der Waals surface area contributed by atoms with E-state index in [1.807, 2.05) is 5.38 Å². The van der Waals surface area contributed by atoms with E-state index in [0.29, 0.717) is 61.2 Å². The molecule has 0 spiro atoms. The highest BCUT2D eigenvalue weighted by atomic mass is 35.5. The number of hydrogen-bond acceptors (Lipinski definition) is 9. The number of hydrogen-bond donors (Lipinski definition) is 2. The van der Waals surface area contributed by atoms with Gasteiger partial charge in [0.25, 0.3) is 0 Å². The number of esters is 1. The van der Waals surface area contributed by atoms with E-state index in [9.17, 15) is 23.9 Å². The number of fused-ring (bicyclic) bond motifs is 1. The van der Waals surface area contributed by atoms with E-state index < -0.39 is 29.7 Å². The molecule has 218 valence electrons. The maximum Gasteiger partial charge on any atom is 0.338 e. The molecule has 2 N–H and O–H groups in total. The SMILES string of the molecule is CCC(CN1CC2CN(CC3=C(C(=O)OC)C(c4ccc(F)cc4Cl)N=C(c4nccs4)N3)CCN2C1=O)C(=O)O. The lowest BCUT2D eigenvalue weighted by Gasteiger charge is -2.38. The topological polar surface area (TPSA) is 128 Å². The highest BCUT2D eigenvalue weighted by Crippen LogP contribution is 2.37. The molecule has 4 heterocycles. The van der Waals surface area contributed by atoms with Gasteiger partial charge in [-0.25, -0.2) is 19.0 Å². The van der Waals surface area contributed by atoms with Crippen LogP contribution in [-0.2, 0) is 14.3 Å². The van der Waals surface area contributed by atoms with E-state index in [4.69, 9.17) is 21.3 Å². The van der Waals surface area contributed by atoms with Crippen LogP contribution in [0.5, 0.6) is 0 Å². The summed E-state index contributed by atoms with van der Waals surface area (Å²) in [4.78, 5) is 52.4. The lowest BCUT2D eigenvalue weighted by Crippen LogP contribution is -2.53. The number of methoxy groups -OCH3 is 1. The van der Waals surface area contributed by atoms with Crippen molar-refractivity contribution in [3.05, 3.63) is 62.5 Å². The smallest absolute Gasteiger partial charge is 0.338 e. The summed E-state index contributed by atoms with van der Waals surface area (Å²) in [6.07, 6.45) is 2.09. The molecule has 5 rings (SSSR count). The van der Waals surface area contributed by atoms with Gasteiger partial charge in [-0.2, -0.15) is 0 Å². The highest BCUT2D eigenvalue weighted by Gasteiger charge is 2.42. The van der Waals surface area contributed by atoms with Gasteiger partial charge in [0.05, 0.1) is 24.6 Å². The average molecular weight is 605 g/mol. The van der Waals surface area contributed by atoms with Crippen molar-refractivity contribution in [2.45, 2.75) is 25.4 Å². The van der Waals surface area contributed by atoms with Crippen molar-refractivity contribution in [2.75, 3.05) is 46.4 Å². The second-order valence-electron chi connectivity index (χ2n) is 10.1. The van der Waals surface area contributed by atoms with E-state index in [-0.39, 0.29) is 29.2 Å². The molecule has 2 amide bonds. The van der Waals surface area contributed by atoms with Crippen LogP contribution in [0.2, 0.25) is 5.02 Å². The number of amidine groups is 1. The van der Waals surface area contributed by atoms with Crippen molar-refractivity contribution in [2.24, 2.45) is 10.9 Å². The third kappa shape index (κ3) is 5.92. The number of carboxylic acids is 1. The van der Waals surface area contributed by atoms with Crippen LogP contribution in [0.1, 0.15) is 30.0 Å². The molecule has 0 aliphatic carbocycles. The van der Waals surface area contributed by atoms with Crippen LogP contribution in [0.25, 0.3) is 0 Å². The number of aliphatic imine (C=N–C) groups is 1. The van der Waals surface area contributed by atoms with Gasteiger partial charge in [0.2, 0.25) is 0 Å². The Morgan fingerprint density at radius 3 is 2.78 bits per heavy atom. The molecule has 3 aliphatic rings. The molecular formula is C27H30ClFN6O5S. The zero-order valence-corrected chi connectivity index (χ0v) is 24.1. The number of halogens is 2. The van der Waals surface area contributed by atoms with Crippen molar-refractivity contribution in [1.29, 1.82) is 0 Å². The van der Waals surface area contributed by atoms with Crippen LogP contribution in [0.4, 0.5) is 9.18 Å². The quantitative estimate of drug-likeness (QED) is 0.418. The Balaban J connectivity index is 1.43. The summed E-state index contributed by atoms with van der Waals surface area (Å²) in [6, 6.07) is 2.83. The third-order valence-corrected chi connectivity index (χ3v) is 8.71. The molecule has 11 nitrogen and oxygen atoms in total. The number of carbonyl (C=O) groups excluding carboxylic acids is 2. The number of nitrogens with zero attached hydrogens (tertiary/aromatic N) is 5. The van der Waals surface area contributed by atoms with Crippen LogP contribution in [-0.4, -0.2) is 101 Å². The molecule has 3 aliphatic heterocycles. The van der Waals surface area contributed by atoms with Gasteiger partial charge in [-0.05, 0) is 18.6 Å². The number of urea groups is 1. The lowest BCUT2D eigenvalue weighted by molar-refractivity contribution is -0.142. The molecule has 3 atom stereocenters.